The molecule has 0 aliphatic carbocycles. The lowest BCUT2D eigenvalue weighted by molar-refractivity contribution is -0.113. The Kier molecular flexibility index (Phi) is 7.80. The van der Waals surface area contributed by atoms with Crippen molar-refractivity contribution in [3.8, 4) is 5.75 Å². The van der Waals surface area contributed by atoms with Gasteiger partial charge in [0.1, 0.15) is 18.2 Å². The van der Waals surface area contributed by atoms with E-state index in [0.717, 1.165) is 23.4 Å². The first-order valence-corrected chi connectivity index (χ1v) is 10.9. The van der Waals surface area contributed by atoms with Crippen LogP contribution in [0.4, 0.5) is 14.5 Å². The van der Waals surface area contributed by atoms with Gasteiger partial charge in [0.2, 0.25) is 5.91 Å². The second-order valence-electron chi connectivity index (χ2n) is 6.48. The number of rotatable bonds is 9. The number of ether oxygens (including phenoxy) is 1. The second-order valence-corrected chi connectivity index (χ2v) is 8.28. The van der Waals surface area contributed by atoms with Gasteiger partial charge in [-0.1, -0.05) is 30.0 Å². The normalized spacial score (nSPS) is 10.7. The number of hydrogen-bond acceptors (Lipinski definition) is 5. The molecular formula is C21H19BrF2N4O2S. The molecule has 0 saturated heterocycles. The number of nitrogens with one attached hydrogen (secondary N) is 1. The van der Waals surface area contributed by atoms with Gasteiger partial charge in [-0.2, -0.15) is 0 Å². The minimum absolute atomic E-state index is 0.0444. The van der Waals surface area contributed by atoms with Crippen molar-refractivity contribution in [2.45, 2.75) is 25.2 Å². The van der Waals surface area contributed by atoms with Crippen molar-refractivity contribution < 1.29 is 18.3 Å². The highest BCUT2D eigenvalue weighted by Gasteiger charge is 2.16. The number of aromatic nitrogens is 3. The van der Waals surface area contributed by atoms with E-state index in [-0.39, 0.29) is 22.5 Å². The van der Waals surface area contributed by atoms with Crippen molar-refractivity contribution in [3.63, 3.8) is 0 Å². The summed E-state index contributed by atoms with van der Waals surface area (Å²) >= 11 is 4.18. The van der Waals surface area contributed by atoms with Gasteiger partial charge < -0.3 is 10.1 Å². The van der Waals surface area contributed by atoms with E-state index < -0.39 is 17.5 Å². The van der Waals surface area contributed by atoms with Gasteiger partial charge in [-0.25, -0.2) is 8.78 Å². The van der Waals surface area contributed by atoms with Gasteiger partial charge >= 0.3 is 0 Å². The highest BCUT2D eigenvalue weighted by atomic mass is 79.9. The Balaban J connectivity index is 1.64. The average molecular weight is 509 g/mol. The third kappa shape index (κ3) is 6.14. The molecule has 0 fully saturated rings. The molecule has 10 heteroatoms. The van der Waals surface area contributed by atoms with E-state index in [1.54, 1.807) is 10.6 Å². The summed E-state index contributed by atoms with van der Waals surface area (Å²) in [6.07, 6.45) is 1.69. The number of hydrogen-bond donors (Lipinski definition) is 1. The zero-order valence-electron chi connectivity index (χ0n) is 16.6. The van der Waals surface area contributed by atoms with Crippen LogP contribution in [0.25, 0.3) is 0 Å². The molecule has 0 atom stereocenters. The quantitative estimate of drug-likeness (QED) is 0.320. The Hall–Kier alpha value is -2.72. The lowest BCUT2D eigenvalue weighted by atomic mass is 10.2. The van der Waals surface area contributed by atoms with Gasteiger partial charge in [-0.05, 0) is 46.6 Å². The number of carbonyl (C=O) groups excluding carboxylic acids is 1. The fourth-order valence-electron chi connectivity index (χ4n) is 2.67. The van der Waals surface area contributed by atoms with E-state index in [0.29, 0.717) is 29.3 Å². The number of nitrogens with zero attached hydrogens (tertiary/aromatic N) is 3. The van der Waals surface area contributed by atoms with Crippen molar-refractivity contribution >= 4 is 39.3 Å². The summed E-state index contributed by atoms with van der Waals surface area (Å²) < 4.78 is 34.8. The van der Waals surface area contributed by atoms with Crippen LogP contribution in [0.1, 0.15) is 11.4 Å². The summed E-state index contributed by atoms with van der Waals surface area (Å²) in [6, 6.07) is 9.43. The number of halogens is 3. The molecule has 31 heavy (non-hydrogen) atoms. The van der Waals surface area contributed by atoms with Gasteiger partial charge in [0.05, 0.1) is 11.4 Å². The summed E-state index contributed by atoms with van der Waals surface area (Å²) in [4.78, 5) is 12.3. The van der Waals surface area contributed by atoms with Crippen LogP contribution >= 0.6 is 27.7 Å². The number of carbonyl (C=O) groups is 1. The number of amides is 1. The summed E-state index contributed by atoms with van der Waals surface area (Å²) in [5.41, 5.74) is 0.961. The SMILES string of the molecule is C=CCn1c(COc2cccc(C)c2)nnc1SCC(=O)Nc1c(F)cc(F)cc1Br. The van der Waals surface area contributed by atoms with Gasteiger partial charge in [-0.15, -0.1) is 16.8 Å². The largest absolute Gasteiger partial charge is 0.486 e. The maximum atomic E-state index is 13.9. The van der Waals surface area contributed by atoms with Gasteiger partial charge in [-0.3, -0.25) is 9.36 Å². The van der Waals surface area contributed by atoms with E-state index in [4.69, 9.17) is 4.74 Å². The van der Waals surface area contributed by atoms with Crippen molar-refractivity contribution in [3.05, 3.63) is 76.5 Å². The minimum atomic E-state index is -0.865. The fraction of sp³-hybridized carbons (Fsp3) is 0.190. The molecule has 1 amide bonds. The number of allylic oxidation sites excluding steroid dienone is 1. The van der Waals surface area contributed by atoms with Crippen LogP contribution in [0, 0.1) is 18.6 Å². The molecule has 1 heterocycles. The smallest absolute Gasteiger partial charge is 0.234 e. The summed E-state index contributed by atoms with van der Waals surface area (Å²) in [7, 11) is 0. The van der Waals surface area contributed by atoms with Crippen LogP contribution in [-0.4, -0.2) is 26.4 Å². The summed E-state index contributed by atoms with van der Waals surface area (Å²) in [6.45, 7) is 6.35. The number of aryl methyl sites for hydroxylation is 1. The maximum Gasteiger partial charge on any atom is 0.234 e. The zero-order chi connectivity index (χ0) is 22.4. The minimum Gasteiger partial charge on any atom is -0.486 e. The van der Waals surface area contributed by atoms with Crippen LogP contribution < -0.4 is 10.1 Å². The highest BCUT2D eigenvalue weighted by Crippen LogP contribution is 2.27. The molecule has 0 radical (unpaired) electrons. The first-order chi connectivity index (χ1) is 14.9. The molecule has 1 aromatic heterocycles. The van der Waals surface area contributed by atoms with Crippen LogP contribution in [0.2, 0.25) is 0 Å². The van der Waals surface area contributed by atoms with E-state index in [9.17, 15) is 13.6 Å². The summed E-state index contributed by atoms with van der Waals surface area (Å²) in [5, 5.41) is 11.2. The van der Waals surface area contributed by atoms with Gasteiger partial charge in [0.25, 0.3) is 0 Å². The molecule has 0 bridgehead atoms. The van der Waals surface area contributed by atoms with E-state index >= 15 is 0 Å². The lowest BCUT2D eigenvalue weighted by Gasteiger charge is -2.10. The van der Waals surface area contributed by atoms with E-state index in [1.807, 2.05) is 31.2 Å². The van der Waals surface area contributed by atoms with Crippen molar-refractivity contribution in [1.29, 1.82) is 0 Å². The predicted octanol–water partition coefficient (Wildman–Crippen LogP) is 5.12. The average Bonchev–Trinajstić information content (AvgIpc) is 3.09. The molecule has 2 aromatic carbocycles. The first kappa shape index (κ1) is 23.0. The van der Waals surface area contributed by atoms with Crippen LogP contribution in [0.15, 0.2) is 58.7 Å². The summed E-state index contributed by atoms with van der Waals surface area (Å²) in [5.74, 6) is -0.824. The molecule has 0 aliphatic rings. The number of anilines is 1. The molecule has 0 unspecified atom stereocenters. The van der Waals surface area contributed by atoms with Crippen LogP contribution in [-0.2, 0) is 17.9 Å². The van der Waals surface area contributed by atoms with Crippen LogP contribution in [0.5, 0.6) is 5.75 Å². The third-order valence-corrected chi connectivity index (χ3v) is 5.66. The second kappa shape index (κ2) is 10.5. The Morgan fingerprint density at radius 3 is 2.84 bits per heavy atom. The van der Waals surface area contributed by atoms with Gasteiger partial charge in [0, 0.05) is 17.1 Å². The predicted molar refractivity (Wildman–Crippen MR) is 119 cm³/mol. The van der Waals surface area contributed by atoms with Crippen LogP contribution in [0.3, 0.4) is 0 Å². The Morgan fingerprint density at radius 1 is 1.32 bits per heavy atom. The Labute approximate surface area is 190 Å². The van der Waals surface area contributed by atoms with Crippen molar-refractivity contribution in [1.82, 2.24) is 14.8 Å². The molecule has 3 aromatic rings. The topological polar surface area (TPSA) is 69.0 Å². The van der Waals surface area contributed by atoms with E-state index in [1.165, 1.54) is 0 Å². The third-order valence-electron chi connectivity index (χ3n) is 4.07. The zero-order valence-corrected chi connectivity index (χ0v) is 19.0. The van der Waals surface area contributed by atoms with Crippen molar-refractivity contribution in [2.24, 2.45) is 0 Å². The Bertz CT molecular complexity index is 1080. The molecule has 0 spiro atoms. The highest BCUT2D eigenvalue weighted by molar-refractivity contribution is 9.10. The molecule has 0 aliphatic heterocycles. The van der Waals surface area contributed by atoms with Crippen molar-refractivity contribution in [2.75, 3.05) is 11.1 Å². The standard InChI is InChI=1S/C21H19BrF2N4O2S/c1-3-7-28-18(11-30-15-6-4-5-13(2)8-15)26-27-21(28)31-12-19(29)25-20-16(22)9-14(23)10-17(20)24/h3-6,8-10H,1,7,11-12H2,2H3,(H,25,29). The van der Waals surface area contributed by atoms with E-state index in [2.05, 4.69) is 38.0 Å². The lowest BCUT2D eigenvalue weighted by Crippen LogP contribution is -2.16. The molecule has 6 nitrogen and oxygen atoms in total. The molecular weight excluding hydrogens is 490 g/mol. The first-order valence-electron chi connectivity index (χ1n) is 9.17. The fourth-order valence-corrected chi connectivity index (χ4v) is 3.94. The number of thioether (sulfide) groups is 1. The molecule has 162 valence electrons. The maximum absolute atomic E-state index is 13.9. The molecule has 3 rings (SSSR count). The monoisotopic (exact) mass is 508 g/mol. The van der Waals surface area contributed by atoms with Gasteiger partial charge in [0.15, 0.2) is 16.8 Å². The number of benzene rings is 2. The Morgan fingerprint density at radius 2 is 2.13 bits per heavy atom. The molecule has 1 N–H and O–H groups in total. The molecule has 0 saturated carbocycles.